The fraction of sp³-hybridized carbons (Fsp3) is 1.00. The number of nitrogens with one attached hydrogen (secondary N) is 1. The second-order valence-corrected chi connectivity index (χ2v) is 4.06. The first-order valence-electron chi connectivity index (χ1n) is 4.74. The van der Waals surface area contributed by atoms with Crippen molar-refractivity contribution in [2.45, 2.75) is 50.2 Å². The van der Waals surface area contributed by atoms with Crippen LogP contribution in [0.25, 0.3) is 0 Å². The quantitative estimate of drug-likeness (QED) is 0.548. The van der Waals surface area contributed by atoms with Gasteiger partial charge in [-0.2, -0.15) is 0 Å². The zero-order chi connectivity index (χ0) is 7.73. The molecule has 2 fully saturated rings. The highest BCUT2D eigenvalue weighted by Crippen LogP contribution is 2.35. The topological polar surface area (TPSA) is 32.3 Å². The van der Waals surface area contributed by atoms with Crippen LogP contribution in [0.2, 0.25) is 0 Å². The second kappa shape index (κ2) is 2.76. The van der Waals surface area contributed by atoms with Crippen LogP contribution in [0.1, 0.15) is 38.5 Å². The zero-order valence-corrected chi connectivity index (χ0v) is 6.97. The molecule has 2 heteroatoms. The zero-order valence-electron chi connectivity index (χ0n) is 6.97. The first kappa shape index (κ1) is 7.56. The molecule has 1 aliphatic heterocycles. The first-order valence-corrected chi connectivity index (χ1v) is 4.74. The third kappa shape index (κ3) is 1.42. The molecule has 2 N–H and O–H groups in total. The predicted molar refractivity (Wildman–Crippen MR) is 44.4 cm³/mol. The average Bonchev–Trinajstić information content (AvgIpc) is 2.34. The lowest BCUT2D eigenvalue weighted by Gasteiger charge is -2.34. The van der Waals surface area contributed by atoms with E-state index < -0.39 is 0 Å². The molecule has 0 bridgehead atoms. The largest absolute Gasteiger partial charge is 0.393 e. The van der Waals surface area contributed by atoms with E-state index in [2.05, 4.69) is 5.32 Å². The molecule has 1 saturated carbocycles. The van der Waals surface area contributed by atoms with Crippen molar-refractivity contribution in [3.8, 4) is 0 Å². The molecular weight excluding hydrogens is 138 g/mol. The van der Waals surface area contributed by atoms with Gasteiger partial charge in [-0.15, -0.1) is 0 Å². The van der Waals surface area contributed by atoms with E-state index in [-0.39, 0.29) is 6.10 Å². The number of rotatable bonds is 0. The Morgan fingerprint density at radius 3 is 2.73 bits per heavy atom. The van der Waals surface area contributed by atoms with Gasteiger partial charge in [0.25, 0.3) is 0 Å². The lowest BCUT2D eigenvalue weighted by atomic mass is 9.87. The molecule has 2 atom stereocenters. The molecule has 2 nitrogen and oxygen atoms in total. The fourth-order valence-corrected chi connectivity index (χ4v) is 2.52. The van der Waals surface area contributed by atoms with Crippen molar-refractivity contribution < 1.29 is 5.11 Å². The smallest absolute Gasteiger partial charge is 0.0558 e. The van der Waals surface area contributed by atoms with Crippen LogP contribution < -0.4 is 5.32 Å². The monoisotopic (exact) mass is 155 g/mol. The Morgan fingerprint density at radius 2 is 2.18 bits per heavy atom. The number of aliphatic hydroxyl groups is 1. The molecule has 0 unspecified atom stereocenters. The van der Waals surface area contributed by atoms with Crippen LogP contribution in [0.4, 0.5) is 0 Å². The summed E-state index contributed by atoms with van der Waals surface area (Å²) in [5.41, 5.74) is 0.345. The van der Waals surface area contributed by atoms with Crippen molar-refractivity contribution in [1.82, 2.24) is 5.32 Å². The Bertz CT molecular complexity index is 135. The van der Waals surface area contributed by atoms with Gasteiger partial charge >= 0.3 is 0 Å². The van der Waals surface area contributed by atoms with Crippen LogP contribution in [-0.2, 0) is 0 Å². The molecule has 0 radical (unpaired) electrons. The van der Waals surface area contributed by atoms with Crippen molar-refractivity contribution in [2.75, 3.05) is 6.54 Å². The number of hydrogen-bond acceptors (Lipinski definition) is 2. The second-order valence-electron chi connectivity index (χ2n) is 4.06. The summed E-state index contributed by atoms with van der Waals surface area (Å²) in [5.74, 6) is 0. The molecule has 0 aromatic carbocycles. The van der Waals surface area contributed by atoms with Crippen LogP contribution in [0.5, 0.6) is 0 Å². The van der Waals surface area contributed by atoms with E-state index in [0.29, 0.717) is 5.54 Å². The Kier molecular flexibility index (Phi) is 1.90. The molecule has 0 aromatic heterocycles. The molecular formula is C9H17NO. The third-order valence-electron chi connectivity index (χ3n) is 3.16. The predicted octanol–water partition coefficient (Wildman–Crippen LogP) is 1.04. The van der Waals surface area contributed by atoms with Gasteiger partial charge in [0.2, 0.25) is 0 Å². The highest BCUT2D eigenvalue weighted by Gasteiger charge is 2.38. The number of hydrogen-bond donors (Lipinski definition) is 2. The van der Waals surface area contributed by atoms with Crippen LogP contribution >= 0.6 is 0 Å². The van der Waals surface area contributed by atoms with E-state index in [4.69, 9.17) is 0 Å². The van der Waals surface area contributed by atoms with Crippen LogP contribution in [-0.4, -0.2) is 23.3 Å². The van der Waals surface area contributed by atoms with Gasteiger partial charge in [-0.05, 0) is 38.6 Å². The van der Waals surface area contributed by atoms with Gasteiger partial charge < -0.3 is 10.4 Å². The van der Waals surface area contributed by atoms with E-state index >= 15 is 0 Å². The van der Waals surface area contributed by atoms with Crippen molar-refractivity contribution in [1.29, 1.82) is 0 Å². The molecule has 11 heavy (non-hydrogen) atoms. The van der Waals surface area contributed by atoms with Gasteiger partial charge in [-0.1, -0.05) is 6.42 Å². The van der Waals surface area contributed by atoms with Gasteiger partial charge in [-0.3, -0.25) is 0 Å². The lowest BCUT2D eigenvalue weighted by Crippen LogP contribution is -2.46. The molecule has 0 amide bonds. The lowest BCUT2D eigenvalue weighted by molar-refractivity contribution is 0.159. The highest BCUT2D eigenvalue weighted by atomic mass is 16.3. The van der Waals surface area contributed by atoms with Crippen LogP contribution in [0, 0.1) is 0 Å². The maximum Gasteiger partial charge on any atom is 0.0558 e. The average molecular weight is 155 g/mol. The standard InChI is InChI=1S/C9H17NO/c11-8-3-5-9(7-8)4-1-2-6-10-9/h8,10-11H,1-7H2/t8-,9-/m0/s1. The van der Waals surface area contributed by atoms with Crippen LogP contribution in [0.3, 0.4) is 0 Å². The summed E-state index contributed by atoms with van der Waals surface area (Å²) >= 11 is 0. The molecule has 2 aliphatic rings. The maximum atomic E-state index is 9.41. The van der Waals surface area contributed by atoms with E-state index in [1.807, 2.05) is 0 Å². The summed E-state index contributed by atoms with van der Waals surface area (Å²) in [6.07, 6.45) is 7.11. The molecule has 1 aliphatic carbocycles. The Hall–Kier alpha value is -0.0800. The third-order valence-corrected chi connectivity index (χ3v) is 3.16. The van der Waals surface area contributed by atoms with Gasteiger partial charge in [-0.25, -0.2) is 0 Å². The molecule has 64 valence electrons. The van der Waals surface area contributed by atoms with Gasteiger partial charge in [0.05, 0.1) is 6.10 Å². The molecule has 0 aromatic rings. The minimum atomic E-state index is -0.0272. The summed E-state index contributed by atoms with van der Waals surface area (Å²) in [4.78, 5) is 0. The van der Waals surface area contributed by atoms with Crippen molar-refractivity contribution in [2.24, 2.45) is 0 Å². The van der Waals surface area contributed by atoms with E-state index in [9.17, 15) is 5.11 Å². The van der Waals surface area contributed by atoms with Gasteiger partial charge in [0, 0.05) is 5.54 Å². The summed E-state index contributed by atoms with van der Waals surface area (Å²) in [6, 6.07) is 0. The van der Waals surface area contributed by atoms with Crippen molar-refractivity contribution in [3.63, 3.8) is 0 Å². The van der Waals surface area contributed by atoms with E-state index in [0.717, 1.165) is 19.4 Å². The summed E-state index contributed by atoms with van der Waals surface area (Å²) in [5, 5.41) is 13.0. The van der Waals surface area contributed by atoms with Gasteiger partial charge in [0.15, 0.2) is 0 Å². The van der Waals surface area contributed by atoms with Gasteiger partial charge in [0.1, 0.15) is 0 Å². The summed E-state index contributed by atoms with van der Waals surface area (Å²) in [6.45, 7) is 1.16. The fourth-order valence-electron chi connectivity index (χ4n) is 2.52. The first-order chi connectivity index (χ1) is 5.31. The Labute approximate surface area is 68.0 Å². The van der Waals surface area contributed by atoms with Crippen molar-refractivity contribution >= 4 is 0 Å². The normalized spacial score (nSPS) is 45.0. The maximum absolute atomic E-state index is 9.41. The SMILES string of the molecule is O[C@H]1CC[C@@]2(CCCCN2)C1. The Morgan fingerprint density at radius 1 is 1.27 bits per heavy atom. The Balaban J connectivity index is 1.98. The van der Waals surface area contributed by atoms with E-state index in [1.54, 1.807) is 0 Å². The molecule has 1 saturated heterocycles. The minimum Gasteiger partial charge on any atom is -0.393 e. The molecule has 1 spiro atoms. The van der Waals surface area contributed by atoms with Crippen LogP contribution in [0.15, 0.2) is 0 Å². The summed E-state index contributed by atoms with van der Waals surface area (Å²) < 4.78 is 0. The summed E-state index contributed by atoms with van der Waals surface area (Å²) in [7, 11) is 0. The van der Waals surface area contributed by atoms with Crippen molar-refractivity contribution in [3.05, 3.63) is 0 Å². The number of aliphatic hydroxyl groups excluding tert-OH is 1. The highest BCUT2D eigenvalue weighted by molar-refractivity contribution is 4.97. The molecule has 2 rings (SSSR count). The molecule has 1 heterocycles. The number of piperidine rings is 1. The minimum absolute atomic E-state index is 0.0272. The van der Waals surface area contributed by atoms with E-state index in [1.165, 1.54) is 25.7 Å².